The molecule has 8 heteroatoms. The zero-order valence-electron chi connectivity index (χ0n) is 12.1. The van der Waals surface area contributed by atoms with Crippen LogP contribution in [0.2, 0.25) is 0 Å². The molecule has 1 unspecified atom stereocenters. The van der Waals surface area contributed by atoms with Crippen LogP contribution in [-0.2, 0) is 11.3 Å². The van der Waals surface area contributed by atoms with Crippen LogP contribution in [0.5, 0.6) is 0 Å². The van der Waals surface area contributed by atoms with E-state index in [1.54, 1.807) is 23.3 Å². The Morgan fingerprint density at radius 2 is 2.23 bits per heavy atom. The van der Waals surface area contributed by atoms with Crippen LogP contribution in [0.3, 0.4) is 0 Å². The number of hydrogen-bond acceptors (Lipinski definition) is 5. The summed E-state index contributed by atoms with van der Waals surface area (Å²) in [7, 11) is 0. The number of ether oxygens (including phenoxy) is 1. The fourth-order valence-electron chi connectivity index (χ4n) is 2.25. The summed E-state index contributed by atoms with van der Waals surface area (Å²) < 4.78 is 7.09. The first-order chi connectivity index (χ1) is 10.8. The lowest BCUT2D eigenvalue weighted by Gasteiger charge is -2.10. The van der Waals surface area contributed by atoms with Crippen molar-refractivity contribution in [3.63, 3.8) is 0 Å². The lowest BCUT2D eigenvalue weighted by atomic mass is 10.2. The molecule has 3 heterocycles. The zero-order valence-corrected chi connectivity index (χ0v) is 12.1. The average Bonchev–Trinajstić information content (AvgIpc) is 3.23. The van der Waals surface area contributed by atoms with E-state index in [2.05, 4.69) is 25.9 Å². The molecule has 1 aliphatic heterocycles. The van der Waals surface area contributed by atoms with Crippen LogP contribution in [0, 0.1) is 0 Å². The Kier molecular flexibility index (Phi) is 4.59. The molecule has 1 fully saturated rings. The number of nitrogens with zero attached hydrogens (tertiary/aromatic N) is 4. The van der Waals surface area contributed by atoms with Crippen molar-refractivity contribution in [2.24, 2.45) is 0 Å². The van der Waals surface area contributed by atoms with Gasteiger partial charge < -0.3 is 15.4 Å². The molecule has 3 rings (SSSR count). The van der Waals surface area contributed by atoms with Crippen LogP contribution in [0.15, 0.2) is 30.7 Å². The molecule has 2 aromatic rings. The first-order valence-electron chi connectivity index (χ1n) is 7.26. The minimum Gasteiger partial charge on any atom is -0.376 e. The van der Waals surface area contributed by atoms with E-state index >= 15 is 0 Å². The number of carbonyl (C=O) groups excluding carboxylic acids is 1. The van der Waals surface area contributed by atoms with Crippen LogP contribution in [0.1, 0.15) is 18.5 Å². The third-order valence-corrected chi connectivity index (χ3v) is 3.41. The predicted molar refractivity (Wildman–Crippen MR) is 78.4 cm³/mol. The summed E-state index contributed by atoms with van der Waals surface area (Å²) in [5.74, 6) is 0. The maximum Gasteiger partial charge on any atom is 0.315 e. The van der Waals surface area contributed by atoms with Crippen molar-refractivity contribution in [1.29, 1.82) is 0 Å². The number of urea groups is 1. The molecule has 116 valence electrons. The summed E-state index contributed by atoms with van der Waals surface area (Å²) in [6.07, 6.45) is 7.35. The Balaban J connectivity index is 1.45. The molecular formula is C14H18N6O2. The first kappa shape index (κ1) is 14.5. The van der Waals surface area contributed by atoms with E-state index in [1.807, 2.05) is 12.1 Å². The third-order valence-electron chi connectivity index (χ3n) is 3.41. The highest BCUT2D eigenvalue weighted by molar-refractivity contribution is 5.73. The van der Waals surface area contributed by atoms with Gasteiger partial charge in [-0.25, -0.2) is 9.48 Å². The van der Waals surface area contributed by atoms with Crippen LogP contribution in [0.25, 0.3) is 5.69 Å². The third kappa shape index (κ3) is 3.79. The quantitative estimate of drug-likeness (QED) is 0.845. The van der Waals surface area contributed by atoms with Gasteiger partial charge in [0.15, 0.2) is 0 Å². The van der Waals surface area contributed by atoms with E-state index < -0.39 is 0 Å². The van der Waals surface area contributed by atoms with Gasteiger partial charge in [-0.05, 0) is 25.0 Å². The maximum absolute atomic E-state index is 11.7. The smallest absolute Gasteiger partial charge is 0.315 e. The van der Waals surface area contributed by atoms with Crippen LogP contribution in [-0.4, -0.2) is 45.3 Å². The van der Waals surface area contributed by atoms with Crippen molar-refractivity contribution < 1.29 is 9.53 Å². The molecule has 0 spiro atoms. The van der Waals surface area contributed by atoms with Crippen molar-refractivity contribution in [1.82, 2.24) is 30.6 Å². The van der Waals surface area contributed by atoms with Crippen molar-refractivity contribution in [3.8, 4) is 5.69 Å². The second-order valence-corrected chi connectivity index (χ2v) is 5.06. The highest BCUT2D eigenvalue weighted by Gasteiger charge is 2.16. The van der Waals surface area contributed by atoms with E-state index in [1.165, 1.54) is 0 Å². The van der Waals surface area contributed by atoms with Crippen LogP contribution < -0.4 is 10.6 Å². The molecule has 2 aromatic heterocycles. The van der Waals surface area contributed by atoms with Gasteiger partial charge in [-0.1, -0.05) is 5.21 Å². The number of hydrogen-bond donors (Lipinski definition) is 2. The summed E-state index contributed by atoms with van der Waals surface area (Å²) in [5.41, 5.74) is 1.56. The SMILES string of the molecule is O=C(NCc1cn(-c2ccncc2)nn1)NCC1CCCO1. The summed E-state index contributed by atoms with van der Waals surface area (Å²) in [6, 6.07) is 3.44. The Bertz CT molecular complexity index is 609. The molecule has 0 radical (unpaired) electrons. The topological polar surface area (TPSA) is 94.0 Å². The molecule has 0 bridgehead atoms. The first-order valence-corrected chi connectivity index (χ1v) is 7.26. The molecule has 1 atom stereocenters. The molecule has 0 aromatic carbocycles. The predicted octanol–water partition coefficient (Wildman–Crippen LogP) is 0.640. The van der Waals surface area contributed by atoms with Crippen molar-refractivity contribution in [2.45, 2.75) is 25.5 Å². The Hall–Kier alpha value is -2.48. The molecule has 1 saturated heterocycles. The summed E-state index contributed by atoms with van der Waals surface area (Å²) in [6.45, 7) is 1.64. The fraction of sp³-hybridized carbons (Fsp3) is 0.429. The average molecular weight is 302 g/mol. The lowest BCUT2D eigenvalue weighted by Crippen LogP contribution is -2.39. The largest absolute Gasteiger partial charge is 0.376 e. The second kappa shape index (κ2) is 6.99. The monoisotopic (exact) mass is 302 g/mol. The van der Waals surface area contributed by atoms with Gasteiger partial charge in [-0.15, -0.1) is 5.10 Å². The Morgan fingerprint density at radius 3 is 3.00 bits per heavy atom. The van der Waals surface area contributed by atoms with E-state index in [9.17, 15) is 4.79 Å². The molecule has 22 heavy (non-hydrogen) atoms. The molecule has 2 N–H and O–H groups in total. The van der Waals surface area contributed by atoms with Crippen molar-refractivity contribution >= 4 is 6.03 Å². The van der Waals surface area contributed by atoms with Gasteiger partial charge in [-0.3, -0.25) is 4.98 Å². The number of carbonyl (C=O) groups is 1. The molecule has 0 saturated carbocycles. The second-order valence-electron chi connectivity index (χ2n) is 5.06. The van der Waals surface area contributed by atoms with E-state index in [0.29, 0.717) is 18.8 Å². The Morgan fingerprint density at radius 1 is 1.36 bits per heavy atom. The van der Waals surface area contributed by atoms with Gasteiger partial charge in [0.05, 0.1) is 24.5 Å². The van der Waals surface area contributed by atoms with Crippen LogP contribution in [0.4, 0.5) is 4.79 Å². The van der Waals surface area contributed by atoms with E-state index in [-0.39, 0.29) is 12.1 Å². The van der Waals surface area contributed by atoms with Crippen molar-refractivity contribution in [3.05, 3.63) is 36.4 Å². The molecule has 2 amide bonds. The number of nitrogens with one attached hydrogen (secondary N) is 2. The fourth-order valence-corrected chi connectivity index (χ4v) is 2.25. The zero-order chi connectivity index (χ0) is 15.2. The number of amides is 2. The summed E-state index contributed by atoms with van der Waals surface area (Å²) in [4.78, 5) is 15.7. The van der Waals surface area contributed by atoms with E-state index in [0.717, 1.165) is 25.1 Å². The van der Waals surface area contributed by atoms with E-state index in [4.69, 9.17) is 4.74 Å². The highest BCUT2D eigenvalue weighted by Crippen LogP contribution is 2.10. The van der Waals surface area contributed by atoms with Gasteiger partial charge >= 0.3 is 6.03 Å². The van der Waals surface area contributed by atoms with Gasteiger partial charge in [0, 0.05) is 25.5 Å². The van der Waals surface area contributed by atoms with Gasteiger partial charge in [0.2, 0.25) is 0 Å². The van der Waals surface area contributed by atoms with Gasteiger partial charge in [-0.2, -0.15) is 0 Å². The number of pyridine rings is 1. The number of aromatic nitrogens is 4. The minimum absolute atomic E-state index is 0.137. The lowest BCUT2D eigenvalue weighted by molar-refractivity contribution is 0.111. The van der Waals surface area contributed by atoms with Crippen LogP contribution >= 0.6 is 0 Å². The molecule has 0 aliphatic carbocycles. The molecule has 8 nitrogen and oxygen atoms in total. The molecular weight excluding hydrogens is 284 g/mol. The summed E-state index contributed by atoms with van der Waals surface area (Å²) >= 11 is 0. The number of rotatable bonds is 5. The minimum atomic E-state index is -0.228. The van der Waals surface area contributed by atoms with Gasteiger partial charge in [0.1, 0.15) is 5.69 Å². The Labute approximate surface area is 127 Å². The standard InChI is InChI=1S/C14H18N6O2/c21-14(17-9-13-2-1-7-22-13)16-8-11-10-20(19-18-11)12-3-5-15-6-4-12/h3-6,10,13H,1-2,7-9H2,(H2,16,17,21). The highest BCUT2D eigenvalue weighted by atomic mass is 16.5. The normalized spacial score (nSPS) is 17.4. The summed E-state index contributed by atoms with van der Waals surface area (Å²) in [5, 5.41) is 13.6. The molecule has 1 aliphatic rings. The van der Waals surface area contributed by atoms with Crippen molar-refractivity contribution in [2.75, 3.05) is 13.2 Å². The van der Waals surface area contributed by atoms with Gasteiger partial charge in [0.25, 0.3) is 0 Å². The maximum atomic E-state index is 11.7.